The second kappa shape index (κ2) is 10.4. The monoisotopic (exact) mass is 467 g/mol. The van der Waals surface area contributed by atoms with E-state index in [1.54, 1.807) is 0 Å². The Morgan fingerprint density at radius 1 is 1.16 bits per heavy atom. The normalized spacial score (nSPS) is 14.9. The first kappa shape index (κ1) is 23.4. The van der Waals surface area contributed by atoms with Crippen LogP contribution in [0.15, 0.2) is 29.2 Å². The first-order chi connectivity index (χ1) is 14.8. The van der Waals surface area contributed by atoms with Crippen molar-refractivity contribution in [3.63, 3.8) is 0 Å². The highest BCUT2D eigenvalue weighted by atomic mass is 35.5. The number of carbonyl (C=O) groups is 1. The number of benzene rings is 1. The van der Waals surface area contributed by atoms with Crippen molar-refractivity contribution in [2.75, 3.05) is 43.5 Å². The zero-order chi connectivity index (χ0) is 22.4. The summed E-state index contributed by atoms with van der Waals surface area (Å²) in [6, 6.07) is 6.20. The predicted molar refractivity (Wildman–Crippen MR) is 119 cm³/mol. The molecule has 0 atom stereocenters. The molecule has 1 aromatic heterocycles. The second-order valence-electron chi connectivity index (χ2n) is 7.21. The van der Waals surface area contributed by atoms with Crippen molar-refractivity contribution in [3.05, 3.63) is 40.7 Å². The van der Waals surface area contributed by atoms with Crippen LogP contribution in [0.25, 0.3) is 0 Å². The molecule has 0 bridgehead atoms. The van der Waals surface area contributed by atoms with Gasteiger partial charge in [0.25, 0.3) is 0 Å². The number of aromatic nitrogens is 2. The lowest BCUT2D eigenvalue weighted by molar-refractivity contribution is -0.116. The van der Waals surface area contributed by atoms with E-state index >= 15 is 0 Å². The zero-order valence-electron chi connectivity index (χ0n) is 17.5. The summed E-state index contributed by atoms with van der Waals surface area (Å²) >= 11 is 6.18. The Kier molecular flexibility index (Phi) is 7.82. The van der Waals surface area contributed by atoms with Crippen LogP contribution in [0.5, 0.6) is 0 Å². The average molecular weight is 468 g/mol. The summed E-state index contributed by atoms with van der Waals surface area (Å²) in [5.41, 5.74) is 2.01. The molecule has 1 aliphatic heterocycles. The zero-order valence-corrected chi connectivity index (χ0v) is 19.1. The maximum absolute atomic E-state index is 12.8. The van der Waals surface area contributed by atoms with Crippen LogP contribution >= 0.6 is 11.6 Å². The Labute approximate surface area is 187 Å². The third-order valence-corrected chi connectivity index (χ3v) is 6.89. The topological polar surface area (TPSA) is 114 Å². The van der Waals surface area contributed by atoms with Crippen molar-refractivity contribution in [1.29, 1.82) is 0 Å². The number of rotatable bonds is 8. The molecule has 1 amide bonds. The van der Waals surface area contributed by atoms with E-state index in [1.807, 2.05) is 19.9 Å². The highest BCUT2D eigenvalue weighted by Crippen LogP contribution is 2.27. The van der Waals surface area contributed by atoms with Gasteiger partial charge in [-0.2, -0.15) is 4.31 Å². The Morgan fingerprint density at radius 2 is 1.84 bits per heavy atom. The predicted octanol–water partition coefficient (Wildman–Crippen LogP) is 2.60. The number of carbonyl (C=O) groups excluding carboxylic acids is 1. The van der Waals surface area contributed by atoms with Gasteiger partial charge in [-0.3, -0.25) is 4.79 Å². The van der Waals surface area contributed by atoms with Crippen LogP contribution in [0, 0.1) is 13.8 Å². The Hall–Kier alpha value is -2.27. The lowest BCUT2D eigenvalue weighted by Crippen LogP contribution is -2.40. The SMILES string of the molecule is Cc1cc(C)nc(NCCCC(=O)Nc2cc(S(=O)(=O)N3CCOCC3)ccc2Cl)n1. The fraction of sp³-hybridized carbons (Fsp3) is 0.450. The van der Waals surface area contributed by atoms with E-state index in [9.17, 15) is 13.2 Å². The van der Waals surface area contributed by atoms with E-state index in [2.05, 4.69) is 20.6 Å². The largest absolute Gasteiger partial charge is 0.379 e. The Balaban J connectivity index is 1.56. The number of halogens is 1. The highest BCUT2D eigenvalue weighted by molar-refractivity contribution is 7.89. The summed E-state index contributed by atoms with van der Waals surface area (Å²) in [4.78, 5) is 21.0. The van der Waals surface area contributed by atoms with Gasteiger partial charge in [0.05, 0.1) is 28.8 Å². The smallest absolute Gasteiger partial charge is 0.243 e. The molecule has 1 aliphatic rings. The van der Waals surface area contributed by atoms with Crippen LogP contribution in [0.3, 0.4) is 0 Å². The van der Waals surface area contributed by atoms with Gasteiger partial charge in [0.1, 0.15) is 0 Å². The fourth-order valence-corrected chi connectivity index (χ4v) is 4.76. The Morgan fingerprint density at radius 3 is 2.52 bits per heavy atom. The van der Waals surface area contributed by atoms with Crippen LogP contribution in [0.1, 0.15) is 24.2 Å². The minimum Gasteiger partial charge on any atom is -0.379 e. The van der Waals surface area contributed by atoms with Gasteiger partial charge >= 0.3 is 0 Å². The number of nitrogens with zero attached hydrogens (tertiary/aromatic N) is 3. The van der Waals surface area contributed by atoms with E-state index in [1.165, 1.54) is 22.5 Å². The fourth-order valence-electron chi connectivity index (χ4n) is 3.16. The molecule has 0 aliphatic carbocycles. The summed E-state index contributed by atoms with van der Waals surface area (Å²) in [7, 11) is -3.68. The molecular weight excluding hydrogens is 442 g/mol. The van der Waals surface area contributed by atoms with Crippen molar-refractivity contribution in [1.82, 2.24) is 14.3 Å². The molecule has 2 aromatic rings. The van der Waals surface area contributed by atoms with Crippen LogP contribution in [-0.4, -0.2) is 61.4 Å². The van der Waals surface area contributed by atoms with Crippen LogP contribution in [0.2, 0.25) is 5.02 Å². The van der Waals surface area contributed by atoms with Gasteiger partial charge in [0.15, 0.2) is 0 Å². The summed E-state index contributed by atoms with van der Waals surface area (Å²) in [6.07, 6.45) is 0.778. The summed E-state index contributed by atoms with van der Waals surface area (Å²) in [6.45, 7) is 5.62. The molecule has 31 heavy (non-hydrogen) atoms. The minimum atomic E-state index is -3.68. The lowest BCUT2D eigenvalue weighted by atomic mass is 10.2. The van der Waals surface area contributed by atoms with Gasteiger partial charge in [-0.05, 0) is 44.5 Å². The molecule has 168 valence electrons. The van der Waals surface area contributed by atoms with Gasteiger partial charge in [-0.1, -0.05) is 11.6 Å². The van der Waals surface area contributed by atoms with Crippen LogP contribution in [0.4, 0.5) is 11.6 Å². The van der Waals surface area contributed by atoms with Gasteiger partial charge < -0.3 is 15.4 Å². The number of amides is 1. The highest BCUT2D eigenvalue weighted by Gasteiger charge is 2.27. The Bertz CT molecular complexity index is 1020. The van der Waals surface area contributed by atoms with Crippen LogP contribution < -0.4 is 10.6 Å². The van der Waals surface area contributed by atoms with E-state index in [4.69, 9.17) is 16.3 Å². The third-order valence-electron chi connectivity index (χ3n) is 4.67. The maximum Gasteiger partial charge on any atom is 0.243 e. The standard InChI is InChI=1S/C20H26ClN5O4S/c1-14-12-15(2)24-20(23-14)22-7-3-4-19(27)25-18-13-16(5-6-17(18)21)31(28,29)26-8-10-30-11-9-26/h5-6,12-13H,3-4,7-11H2,1-2H3,(H,25,27)(H,22,23,24). The quantitative estimate of drug-likeness (QED) is 0.573. The van der Waals surface area contributed by atoms with E-state index < -0.39 is 10.0 Å². The molecule has 2 N–H and O–H groups in total. The minimum absolute atomic E-state index is 0.0859. The number of hydrogen-bond acceptors (Lipinski definition) is 7. The molecule has 9 nitrogen and oxygen atoms in total. The lowest BCUT2D eigenvalue weighted by Gasteiger charge is -2.26. The molecule has 0 unspecified atom stereocenters. The molecule has 0 spiro atoms. The average Bonchev–Trinajstić information content (AvgIpc) is 2.72. The summed E-state index contributed by atoms with van der Waals surface area (Å²) in [5.74, 6) is 0.271. The molecule has 1 fully saturated rings. The molecule has 11 heteroatoms. The first-order valence-corrected chi connectivity index (χ1v) is 11.8. The molecule has 1 saturated heterocycles. The molecular formula is C20H26ClN5O4S. The summed E-state index contributed by atoms with van der Waals surface area (Å²) < 4.78 is 32.2. The molecule has 2 heterocycles. The number of hydrogen-bond donors (Lipinski definition) is 2. The second-order valence-corrected chi connectivity index (χ2v) is 9.56. The van der Waals surface area contributed by atoms with Crippen molar-refractivity contribution in [2.45, 2.75) is 31.6 Å². The number of morpholine rings is 1. The van der Waals surface area contributed by atoms with Crippen LogP contribution in [-0.2, 0) is 19.6 Å². The van der Waals surface area contributed by atoms with Crippen molar-refractivity contribution in [2.24, 2.45) is 0 Å². The van der Waals surface area contributed by atoms with Gasteiger partial charge in [-0.15, -0.1) is 0 Å². The third kappa shape index (κ3) is 6.36. The van der Waals surface area contributed by atoms with Gasteiger partial charge in [-0.25, -0.2) is 18.4 Å². The number of ether oxygens (including phenoxy) is 1. The molecule has 0 radical (unpaired) electrons. The molecule has 3 rings (SSSR count). The molecule has 0 saturated carbocycles. The van der Waals surface area contributed by atoms with Crippen molar-refractivity contribution < 1.29 is 17.9 Å². The van der Waals surface area contributed by atoms with Gasteiger partial charge in [0.2, 0.25) is 21.9 Å². The van der Waals surface area contributed by atoms with Crippen molar-refractivity contribution >= 4 is 39.2 Å². The van der Waals surface area contributed by atoms with E-state index in [0.29, 0.717) is 45.2 Å². The van der Waals surface area contributed by atoms with Gasteiger partial charge in [0, 0.05) is 37.4 Å². The molecule has 1 aromatic carbocycles. The number of sulfonamides is 1. The van der Waals surface area contributed by atoms with E-state index in [-0.39, 0.29) is 27.9 Å². The number of nitrogens with one attached hydrogen (secondary N) is 2. The van der Waals surface area contributed by atoms with Crippen molar-refractivity contribution in [3.8, 4) is 0 Å². The number of anilines is 2. The maximum atomic E-state index is 12.8. The first-order valence-electron chi connectivity index (χ1n) is 9.99. The number of aryl methyl sites for hydroxylation is 2. The summed E-state index contributed by atoms with van der Waals surface area (Å²) in [5, 5.41) is 6.08. The van der Waals surface area contributed by atoms with E-state index in [0.717, 1.165) is 11.4 Å².